The van der Waals surface area contributed by atoms with Crippen molar-refractivity contribution in [2.24, 2.45) is 0 Å². The van der Waals surface area contributed by atoms with E-state index in [1.807, 2.05) is 7.05 Å². The van der Waals surface area contributed by atoms with Crippen LogP contribution in [0.25, 0.3) is 0 Å². The first-order chi connectivity index (χ1) is 4.34. The van der Waals surface area contributed by atoms with Crippen molar-refractivity contribution < 1.29 is 26.3 Å². The Balaban J connectivity index is 2.31. The van der Waals surface area contributed by atoms with Gasteiger partial charge in [-0.15, -0.1) is 0 Å². The Kier molecular flexibility index (Phi) is 2.91. The molecule has 0 aromatic heterocycles. The van der Waals surface area contributed by atoms with Crippen molar-refractivity contribution >= 4 is 5.78 Å². The summed E-state index contributed by atoms with van der Waals surface area (Å²) in [6.45, 7) is 0. The predicted molar refractivity (Wildman–Crippen MR) is 31.7 cm³/mol. The molecule has 1 aliphatic carbocycles. The minimum absolute atomic E-state index is 0.0153. The summed E-state index contributed by atoms with van der Waals surface area (Å²) >= 11 is -0.0153. The fourth-order valence-electron chi connectivity index (χ4n) is 1.02. The Hall–Kier alpha value is 0.360. The van der Waals surface area contributed by atoms with Gasteiger partial charge in [0.05, 0.1) is 0 Å². The molecule has 1 rings (SSSR count). The minimum atomic E-state index is -0.0153. The first-order valence-corrected chi connectivity index (χ1v) is 5.49. The average molecular weight is 240 g/mol. The molecule has 1 atom stereocenters. The maximum absolute atomic E-state index is 11.0. The number of alkyl halides is 1. The summed E-state index contributed by atoms with van der Waals surface area (Å²) in [5, 5.41) is 0. The summed E-state index contributed by atoms with van der Waals surface area (Å²) in [7, 11) is 1.94. The van der Waals surface area contributed by atoms with Gasteiger partial charge in [0.2, 0.25) is 0 Å². The zero-order valence-electron chi connectivity index (χ0n) is 5.48. The van der Waals surface area contributed by atoms with Crippen LogP contribution in [-0.4, -0.2) is 16.8 Å². The molecule has 0 heterocycles. The number of nitrogens with one attached hydrogen (secondary N) is 1. The Labute approximate surface area is 66.0 Å². The van der Waals surface area contributed by atoms with Crippen molar-refractivity contribution in [3.05, 3.63) is 0 Å². The first-order valence-electron chi connectivity index (χ1n) is 3.16. The molecule has 1 saturated carbocycles. The number of carbonyl (C=O) groups excluding carboxylic acids is 1. The van der Waals surface area contributed by atoms with E-state index in [0.717, 1.165) is 19.3 Å². The van der Waals surface area contributed by atoms with Crippen molar-refractivity contribution in [2.75, 3.05) is 7.05 Å². The van der Waals surface area contributed by atoms with Crippen LogP contribution >= 0.6 is 0 Å². The number of rotatable bonds is 2. The Morgan fingerprint density at radius 1 is 1.78 bits per heavy atom. The van der Waals surface area contributed by atoms with Gasteiger partial charge in [-0.3, -0.25) is 0 Å². The molecule has 1 aliphatic rings. The monoisotopic (exact) mass is 240 g/mol. The molecule has 2 nitrogen and oxygen atoms in total. The second-order valence-electron chi connectivity index (χ2n) is 2.12. The van der Waals surface area contributed by atoms with E-state index in [4.69, 9.17) is 0 Å². The third-order valence-electron chi connectivity index (χ3n) is 1.47. The van der Waals surface area contributed by atoms with E-state index in [1.165, 1.54) is 0 Å². The van der Waals surface area contributed by atoms with Crippen LogP contribution in [0.5, 0.6) is 0 Å². The third-order valence-corrected chi connectivity index (χ3v) is 4.16. The fourth-order valence-corrected chi connectivity index (χ4v) is 3.18. The van der Waals surface area contributed by atoms with E-state index in [2.05, 4.69) is 3.53 Å². The number of hydrogen-bond donors (Lipinski definition) is 1. The van der Waals surface area contributed by atoms with E-state index in [-0.39, 0.29) is 21.5 Å². The van der Waals surface area contributed by atoms with Crippen molar-refractivity contribution in [1.82, 2.24) is 3.53 Å². The van der Waals surface area contributed by atoms with Gasteiger partial charge in [0.1, 0.15) is 0 Å². The molecule has 0 aromatic carbocycles. The number of halogens is 1. The number of ketones is 1. The van der Waals surface area contributed by atoms with Crippen molar-refractivity contribution in [3.63, 3.8) is 0 Å². The summed E-state index contributed by atoms with van der Waals surface area (Å²) in [6.07, 6.45) is 3.12. The first kappa shape index (κ1) is 7.47. The molecule has 54 valence electrons. The number of hydrogen-bond acceptors (Lipinski definition) is 2. The van der Waals surface area contributed by atoms with Gasteiger partial charge in [-0.25, -0.2) is 0 Å². The van der Waals surface area contributed by atoms with Gasteiger partial charge in [-0.2, -0.15) is 0 Å². The molecule has 3 heteroatoms. The molecule has 0 bridgehead atoms. The van der Waals surface area contributed by atoms with Crippen LogP contribution in [0.4, 0.5) is 0 Å². The molecule has 0 spiro atoms. The predicted octanol–water partition coefficient (Wildman–Crippen LogP) is -2.67. The molecule has 1 unspecified atom stereocenters. The molecule has 0 aliphatic heterocycles. The van der Waals surface area contributed by atoms with Crippen LogP contribution in [0.1, 0.15) is 19.3 Å². The van der Waals surface area contributed by atoms with Crippen LogP contribution in [0, 0.1) is 0 Å². The van der Waals surface area contributed by atoms with E-state index >= 15 is 0 Å². The molecular formula is C6H11INO-. The average Bonchev–Trinajstić information content (AvgIpc) is 2.18. The molecule has 9 heavy (non-hydrogen) atoms. The fraction of sp³-hybridized carbons (Fsp3) is 0.833. The topological polar surface area (TPSA) is 29.1 Å². The van der Waals surface area contributed by atoms with Gasteiger partial charge in [0.15, 0.2) is 0 Å². The Bertz CT molecular complexity index is 116. The van der Waals surface area contributed by atoms with Gasteiger partial charge in [-0.1, -0.05) is 0 Å². The zero-order valence-corrected chi connectivity index (χ0v) is 7.64. The van der Waals surface area contributed by atoms with E-state index in [0.29, 0.717) is 9.71 Å². The summed E-state index contributed by atoms with van der Waals surface area (Å²) < 4.78 is 3.57. The second kappa shape index (κ2) is 3.51. The molecule has 0 radical (unpaired) electrons. The van der Waals surface area contributed by atoms with Gasteiger partial charge in [-0.05, 0) is 0 Å². The van der Waals surface area contributed by atoms with Crippen molar-refractivity contribution in [2.45, 2.75) is 23.2 Å². The maximum atomic E-state index is 11.0. The van der Waals surface area contributed by atoms with Gasteiger partial charge >= 0.3 is 65.8 Å². The van der Waals surface area contributed by atoms with Crippen LogP contribution in [-0.2, 0) is 4.79 Å². The summed E-state index contributed by atoms with van der Waals surface area (Å²) in [5.41, 5.74) is 0. The number of carbonyl (C=O) groups is 1. The second-order valence-corrected chi connectivity index (χ2v) is 5.33. The van der Waals surface area contributed by atoms with Crippen LogP contribution < -0.4 is 25.0 Å². The molecule has 1 fully saturated rings. The molecule has 1 N–H and O–H groups in total. The van der Waals surface area contributed by atoms with Crippen LogP contribution in [0.3, 0.4) is 0 Å². The van der Waals surface area contributed by atoms with Crippen molar-refractivity contribution in [1.29, 1.82) is 0 Å². The van der Waals surface area contributed by atoms with Crippen molar-refractivity contribution in [3.8, 4) is 0 Å². The van der Waals surface area contributed by atoms with E-state index < -0.39 is 0 Å². The molecular weight excluding hydrogens is 229 g/mol. The summed E-state index contributed by atoms with van der Waals surface area (Å²) in [4.78, 5) is 11.0. The Morgan fingerprint density at radius 3 is 3.00 bits per heavy atom. The van der Waals surface area contributed by atoms with Gasteiger partial charge in [0.25, 0.3) is 0 Å². The number of Topliss-reactive ketones (excluding diaryl/α,β-unsaturated/α-hetero) is 1. The standard InChI is InChI=1S/C6H11INO/c1-8-7-5-3-2-4-6(5)9/h5,8H,2-4H2,1H3/q-1. The van der Waals surface area contributed by atoms with E-state index in [1.54, 1.807) is 0 Å². The van der Waals surface area contributed by atoms with E-state index in [9.17, 15) is 4.79 Å². The quantitative estimate of drug-likeness (QED) is 0.324. The third kappa shape index (κ3) is 1.89. The molecule has 0 saturated heterocycles. The summed E-state index contributed by atoms with van der Waals surface area (Å²) in [5.74, 6) is 0.497. The van der Waals surface area contributed by atoms with Crippen LogP contribution in [0.15, 0.2) is 0 Å². The summed E-state index contributed by atoms with van der Waals surface area (Å²) in [6, 6.07) is 0. The van der Waals surface area contributed by atoms with Crippen LogP contribution in [0.2, 0.25) is 0 Å². The zero-order chi connectivity index (χ0) is 6.69. The Morgan fingerprint density at radius 2 is 2.56 bits per heavy atom. The SMILES string of the molecule is CN[I-]C1CCCC1=O. The molecule has 0 aromatic rings. The normalized spacial score (nSPS) is 27.7. The van der Waals surface area contributed by atoms with Gasteiger partial charge < -0.3 is 0 Å². The molecule has 0 amide bonds. The van der Waals surface area contributed by atoms with Gasteiger partial charge in [0, 0.05) is 0 Å².